The summed E-state index contributed by atoms with van der Waals surface area (Å²) in [6.07, 6.45) is 0.123. The number of amides is 2. The molecule has 11 nitrogen and oxygen atoms in total. The molecular weight excluding hydrogens is 520 g/mol. The van der Waals surface area contributed by atoms with E-state index >= 15 is 0 Å². The minimum Gasteiger partial charge on any atom is -0.505 e. The van der Waals surface area contributed by atoms with Gasteiger partial charge in [0.2, 0.25) is 6.41 Å². The van der Waals surface area contributed by atoms with Crippen LogP contribution in [0.3, 0.4) is 0 Å². The quantitative estimate of drug-likeness (QED) is 0.149. The van der Waals surface area contributed by atoms with Crippen molar-refractivity contribution >= 4 is 35.9 Å². The molecule has 1 fully saturated rings. The zero-order valence-electron chi connectivity index (χ0n) is 24.1. The fraction of sp³-hybridized carbons (Fsp3) is 0.621. The second-order valence-corrected chi connectivity index (χ2v) is 10.8. The van der Waals surface area contributed by atoms with E-state index in [1.54, 1.807) is 0 Å². The molecule has 0 spiro atoms. The van der Waals surface area contributed by atoms with E-state index in [-0.39, 0.29) is 23.6 Å². The smallest absolute Gasteiger partial charge is 0.332 e. The largest absolute Gasteiger partial charge is 0.505 e. The van der Waals surface area contributed by atoms with Gasteiger partial charge in [0, 0.05) is 6.42 Å². The second-order valence-electron chi connectivity index (χ2n) is 10.8. The minimum atomic E-state index is -1.42. The number of aromatic hydroxyl groups is 1. The minimum absolute atomic E-state index is 0.000852. The van der Waals surface area contributed by atoms with Crippen LogP contribution in [0.15, 0.2) is 18.2 Å². The maximum Gasteiger partial charge on any atom is 0.332 e. The molecule has 6 atom stereocenters. The van der Waals surface area contributed by atoms with Gasteiger partial charge in [-0.25, -0.2) is 4.79 Å². The van der Waals surface area contributed by atoms with E-state index in [1.165, 1.54) is 32.0 Å². The highest BCUT2D eigenvalue weighted by Gasteiger charge is 2.44. The summed E-state index contributed by atoms with van der Waals surface area (Å²) in [6, 6.07) is 2.71. The second kappa shape index (κ2) is 15.2. The summed E-state index contributed by atoms with van der Waals surface area (Å²) in [7, 11) is 0. The predicted molar refractivity (Wildman–Crippen MR) is 146 cm³/mol. The van der Waals surface area contributed by atoms with Crippen LogP contribution in [0.25, 0.3) is 0 Å². The van der Waals surface area contributed by atoms with E-state index in [1.807, 2.05) is 13.8 Å². The zero-order valence-corrected chi connectivity index (χ0v) is 24.1. The van der Waals surface area contributed by atoms with Gasteiger partial charge in [-0.3, -0.25) is 19.2 Å². The van der Waals surface area contributed by atoms with Crippen LogP contribution in [-0.2, 0) is 33.4 Å². The molecule has 1 unspecified atom stereocenters. The molecule has 0 aliphatic carbocycles. The Hall–Kier alpha value is -3.63. The van der Waals surface area contributed by atoms with Crippen molar-refractivity contribution in [3.8, 4) is 5.75 Å². The summed E-state index contributed by atoms with van der Waals surface area (Å²) in [6.45, 7) is 10.9. The number of cyclic esters (lactones) is 2. The number of carbonyl (C=O) groups is 5. The molecular formula is C29H42N2O9. The van der Waals surface area contributed by atoms with E-state index in [0.29, 0.717) is 25.2 Å². The van der Waals surface area contributed by atoms with Gasteiger partial charge in [-0.2, -0.15) is 0 Å². The van der Waals surface area contributed by atoms with Gasteiger partial charge >= 0.3 is 17.9 Å². The number of benzene rings is 1. The Kier molecular flexibility index (Phi) is 12.4. The number of ether oxygens (including phenoxy) is 3. The number of phenols is 1. The number of esters is 3. The first kappa shape index (κ1) is 32.6. The van der Waals surface area contributed by atoms with Crippen molar-refractivity contribution in [1.82, 2.24) is 5.32 Å². The molecule has 1 aromatic carbocycles. The molecule has 40 heavy (non-hydrogen) atoms. The number of para-hydroxylation sites is 1. The lowest BCUT2D eigenvalue weighted by Crippen LogP contribution is -2.50. The molecule has 1 aliphatic rings. The van der Waals surface area contributed by atoms with E-state index in [4.69, 9.17) is 14.2 Å². The van der Waals surface area contributed by atoms with E-state index in [9.17, 15) is 29.1 Å². The first-order chi connectivity index (χ1) is 18.9. The van der Waals surface area contributed by atoms with Crippen molar-refractivity contribution in [3.63, 3.8) is 0 Å². The highest BCUT2D eigenvalue weighted by atomic mass is 16.6. The van der Waals surface area contributed by atoms with Gasteiger partial charge in [-0.15, -0.1) is 0 Å². The number of rotatable bonds is 12. The molecule has 0 radical (unpaired) electrons. The molecule has 0 saturated carbocycles. The molecule has 0 bridgehead atoms. The first-order valence-electron chi connectivity index (χ1n) is 13.8. The average molecular weight is 563 g/mol. The Bertz CT molecular complexity index is 1060. The van der Waals surface area contributed by atoms with E-state index in [0.717, 1.165) is 12.8 Å². The lowest BCUT2D eigenvalue weighted by molar-refractivity contribution is -0.175. The molecule has 222 valence electrons. The molecule has 2 amide bonds. The van der Waals surface area contributed by atoms with Crippen LogP contribution < -0.4 is 10.6 Å². The topological polar surface area (TPSA) is 157 Å². The SMILES string of the molecule is CCC(C)CCC[C@H]1C(=O)O[C@H](C)[C@H](NC(=O)c2cccc(NC=O)c2O)C(=O)O[C@@H](C)[C@@H]1OC(=O)CC(C)C. The Labute approximate surface area is 235 Å². The predicted octanol–water partition coefficient (Wildman–Crippen LogP) is 3.73. The van der Waals surface area contributed by atoms with Crippen LogP contribution >= 0.6 is 0 Å². The lowest BCUT2D eigenvalue weighted by atomic mass is 9.90. The van der Waals surface area contributed by atoms with Gasteiger partial charge in [0.25, 0.3) is 5.91 Å². The summed E-state index contributed by atoms with van der Waals surface area (Å²) in [5.41, 5.74) is -0.214. The van der Waals surface area contributed by atoms with Gasteiger partial charge in [-0.05, 0) is 44.2 Å². The number of hydrogen-bond acceptors (Lipinski definition) is 9. The molecule has 1 heterocycles. The van der Waals surface area contributed by atoms with Crippen LogP contribution in [-0.4, -0.2) is 59.7 Å². The molecule has 1 aliphatic heterocycles. The van der Waals surface area contributed by atoms with Crippen LogP contribution in [0.4, 0.5) is 5.69 Å². The maximum atomic E-state index is 13.4. The number of phenolic OH excluding ortho intramolecular Hbond substituents is 1. The molecule has 1 saturated heterocycles. The Morgan fingerprint density at radius 2 is 1.77 bits per heavy atom. The van der Waals surface area contributed by atoms with Gasteiger partial charge in [0.05, 0.1) is 17.2 Å². The highest BCUT2D eigenvalue weighted by Crippen LogP contribution is 2.29. The van der Waals surface area contributed by atoms with E-state index < -0.39 is 59.8 Å². The van der Waals surface area contributed by atoms with Crippen molar-refractivity contribution in [2.75, 3.05) is 5.32 Å². The summed E-state index contributed by atoms with van der Waals surface area (Å²) in [4.78, 5) is 63.1. The highest BCUT2D eigenvalue weighted by molar-refractivity contribution is 6.01. The number of nitrogens with one attached hydrogen (secondary N) is 2. The molecule has 3 N–H and O–H groups in total. The van der Waals surface area contributed by atoms with Crippen LogP contribution in [0, 0.1) is 17.8 Å². The summed E-state index contributed by atoms with van der Waals surface area (Å²) >= 11 is 0. The maximum absolute atomic E-state index is 13.4. The molecule has 11 heteroatoms. The third-order valence-electron chi connectivity index (χ3n) is 7.02. The van der Waals surface area contributed by atoms with Gasteiger partial charge in [0.1, 0.15) is 12.2 Å². The molecule has 0 aromatic heterocycles. The van der Waals surface area contributed by atoms with Crippen molar-refractivity contribution in [1.29, 1.82) is 0 Å². The Morgan fingerprint density at radius 3 is 2.40 bits per heavy atom. The van der Waals surface area contributed by atoms with Crippen molar-refractivity contribution in [2.24, 2.45) is 17.8 Å². The van der Waals surface area contributed by atoms with Gasteiger partial charge < -0.3 is 30.0 Å². The number of carbonyl (C=O) groups excluding carboxylic acids is 5. The first-order valence-corrected chi connectivity index (χ1v) is 13.8. The van der Waals surface area contributed by atoms with Crippen LogP contribution in [0.2, 0.25) is 0 Å². The van der Waals surface area contributed by atoms with Gasteiger partial charge in [0.15, 0.2) is 17.9 Å². The third kappa shape index (κ3) is 8.96. The van der Waals surface area contributed by atoms with Crippen LogP contribution in [0.1, 0.15) is 84.0 Å². The van der Waals surface area contributed by atoms with Crippen molar-refractivity contribution in [3.05, 3.63) is 23.8 Å². The molecule has 1 aromatic rings. The molecule has 2 rings (SSSR count). The van der Waals surface area contributed by atoms with Crippen molar-refractivity contribution < 1.29 is 43.3 Å². The monoisotopic (exact) mass is 562 g/mol. The summed E-state index contributed by atoms with van der Waals surface area (Å²) in [5.74, 6) is -3.84. The Morgan fingerprint density at radius 1 is 1.10 bits per heavy atom. The number of hydrogen-bond donors (Lipinski definition) is 3. The Balaban J connectivity index is 2.35. The van der Waals surface area contributed by atoms with Crippen LogP contribution in [0.5, 0.6) is 5.75 Å². The van der Waals surface area contributed by atoms with Crippen molar-refractivity contribution in [2.45, 2.75) is 98.0 Å². The average Bonchev–Trinajstić information content (AvgIpc) is 2.90. The fourth-order valence-corrected chi connectivity index (χ4v) is 4.50. The standard InChI is InChI=1S/C29H42N2O9/c1-7-17(4)10-8-12-21-26(40-23(33)14-16(2)3)19(6)39-29(37)24(18(5)38-28(21)36)31-27(35)20-11-9-13-22(25(20)34)30-15-32/h9,11,13,15-19,21,24,26,34H,7-8,10,12,14H2,1-6H3,(H,30,32)(H,31,35)/t17?,18-,19+,21-,24+,26+/m1/s1. The van der Waals surface area contributed by atoms with Gasteiger partial charge in [-0.1, -0.05) is 53.0 Å². The number of anilines is 1. The lowest BCUT2D eigenvalue weighted by Gasteiger charge is -2.29. The summed E-state index contributed by atoms with van der Waals surface area (Å²) < 4.78 is 17.0. The third-order valence-corrected chi connectivity index (χ3v) is 7.02. The fourth-order valence-electron chi connectivity index (χ4n) is 4.50. The normalized spacial score (nSPS) is 24.0. The zero-order chi connectivity index (χ0) is 30.0. The summed E-state index contributed by atoms with van der Waals surface area (Å²) in [5, 5.41) is 15.2. The van der Waals surface area contributed by atoms with E-state index in [2.05, 4.69) is 24.5 Å².